The molecule has 4 nitrogen and oxygen atoms in total. The van der Waals surface area contributed by atoms with Gasteiger partial charge >= 0.3 is 0 Å². The van der Waals surface area contributed by atoms with Crippen molar-refractivity contribution in [2.24, 2.45) is 0 Å². The number of hydrogen-bond acceptors (Lipinski definition) is 3. The maximum absolute atomic E-state index is 12.6. The second-order valence-corrected chi connectivity index (χ2v) is 5.33. The fourth-order valence-electron chi connectivity index (χ4n) is 2.53. The number of morpholine rings is 1. The van der Waals surface area contributed by atoms with Crippen LogP contribution in [0.15, 0.2) is 30.3 Å². The normalized spacial score (nSPS) is 24.2. The third-order valence-electron chi connectivity index (χ3n) is 3.40. The van der Waals surface area contributed by atoms with E-state index in [-0.39, 0.29) is 18.1 Å². The first kappa shape index (κ1) is 14.9. The lowest BCUT2D eigenvalue weighted by Gasteiger charge is -2.36. The van der Waals surface area contributed by atoms with E-state index in [1.165, 1.54) is 0 Å². The maximum Gasteiger partial charge on any atom is 0.263 e. The van der Waals surface area contributed by atoms with Crippen LogP contribution in [0.2, 0.25) is 0 Å². The van der Waals surface area contributed by atoms with Gasteiger partial charge < -0.3 is 14.4 Å². The van der Waals surface area contributed by atoms with Crippen LogP contribution < -0.4 is 4.74 Å². The summed E-state index contributed by atoms with van der Waals surface area (Å²) in [5, 5.41) is 0. The van der Waals surface area contributed by atoms with E-state index < -0.39 is 6.10 Å². The van der Waals surface area contributed by atoms with Gasteiger partial charge in [0.1, 0.15) is 5.75 Å². The van der Waals surface area contributed by atoms with Crippen molar-refractivity contribution >= 4 is 5.91 Å². The lowest BCUT2D eigenvalue weighted by Crippen LogP contribution is -2.52. The molecule has 1 saturated heterocycles. The molecule has 4 heteroatoms. The van der Waals surface area contributed by atoms with Gasteiger partial charge in [-0.15, -0.1) is 0 Å². The number of carbonyl (C=O) groups excluding carboxylic acids is 1. The van der Waals surface area contributed by atoms with Crippen LogP contribution >= 0.6 is 0 Å². The molecule has 0 aromatic heterocycles. The minimum absolute atomic E-state index is 0.0540. The first-order chi connectivity index (χ1) is 9.60. The standard InChI is InChI=1S/C16H23NO3/c1-4-15(20-14-8-6-5-7-9-14)16(18)17-10-12(2)19-13(3)11-17/h5-9,12-13,15H,4,10-11H2,1-3H3/t12-,13+,15-/m1/s1. The molecule has 0 bridgehead atoms. The molecule has 110 valence electrons. The number of amides is 1. The Bertz CT molecular complexity index is 425. The van der Waals surface area contributed by atoms with Gasteiger partial charge in [0, 0.05) is 13.1 Å². The molecule has 1 fully saturated rings. The summed E-state index contributed by atoms with van der Waals surface area (Å²) in [6.45, 7) is 7.23. The predicted molar refractivity (Wildman–Crippen MR) is 77.7 cm³/mol. The van der Waals surface area contributed by atoms with E-state index in [0.717, 1.165) is 5.75 Å². The van der Waals surface area contributed by atoms with Crippen LogP contribution in [0.25, 0.3) is 0 Å². The van der Waals surface area contributed by atoms with Crippen molar-refractivity contribution in [2.45, 2.75) is 45.5 Å². The third-order valence-corrected chi connectivity index (χ3v) is 3.40. The van der Waals surface area contributed by atoms with Gasteiger partial charge in [0.25, 0.3) is 5.91 Å². The molecular weight excluding hydrogens is 254 g/mol. The Labute approximate surface area is 120 Å². The Balaban J connectivity index is 2.01. The first-order valence-electron chi connectivity index (χ1n) is 7.26. The molecule has 0 N–H and O–H groups in total. The number of benzene rings is 1. The smallest absolute Gasteiger partial charge is 0.263 e. The zero-order chi connectivity index (χ0) is 14.5. The molecule has 1 heterocycles. The van der Waals surface area contributed by atoms with E-state index in [2.05, 4.69) is 0 Å². The first-order valence-corrected chi connectivity index (χ1v) is 7.26. The Kier molecular flexibility index (Phi) is 5.01. The summed E-state index contributed by atoms with van der Waals surface area (Å²) >= 11 is 0. The minimum Gasteiger partial charge on any atom is -0.481 e. The SMILES string of the molecule is CC[C@@H](Oc1ccccc1)C(=O)N1C[C@@H](C)O[C@@H](C)C1. The van der Waals surface area contributed by atoms with Crippen LogP contribution in [-0.2, 0) is 9.53 Å². The largest absolute Gasteiger partial charge is 0.481 e. The average molecular weight is 277 g/mol. The summed E-state index contributed by atoms with van der Waals surface area (Å²) < 4.78 is 11.5. The molecule has 1 aliphatic rings. The highest BCUT2D eigenvalue weighted by Gasteiger charge is 2.30. The van der Waals surface area contributed by atoms with Crippen molar-refractivity contribution in [3.63, 3.8) is 0 Å². The molecule has 3 atom stereocenters. The zero-order valence-corrected chi connectivity index (χ0v) is 12.4. The van der Waals surface area contributed by atoms with Crippen LogP contribution in [0, 0.1) is 0 Å². The summed E-state index contributed by atoms with van der Waals surface area (Å²) in [4.78, 5) is 14.4. The topological polar surface area (TPSA) is 38.8 Å². The van der Waals surface area contributed by atoms with Crippen molar-refractivity contribution in [3.8, 4) is 5.75 Å². The molecule has 0 saturated carbocycles. The van der Waals surface area contributed by atoms with E-state index in [1.54, 1.807) is 0 Å². The van der Waals surface area contributed by atoms with Gasteiger partial charge in [0.05, 0.1) is 12.2 Å². The molecule has 2 rings (SSSR count). The zero-order valence-electron chi connectivity index (χ0n) is 12.4. The molecule has 0 spiro atoms. The Hall–Kier alpha value is -1.55. The number of carbonyl (C=O) groups is 1. The third kappa shape index (κ3) is 3.73. The number of nitrogens with zero attached hydrogens (tertiary/aromatic N) is 1. The van der Waals surface area contributed by atoms with E-state index in [1.807, 2.05) is 56.0 Å². The fourth-order valence-corrected chi connectivity index (χ4v) is 2.53. The second kappa shape index (κ2) is 6.75. The molecule has 1 amide bonds. The van der Waals surface area contributed by atoms with Crippen molar-refractivity contribution in [3.05, 3.63) is 30.3 Å². The summed E-state index contributed by atoms with van der Waals surface area (Å²) in [6, 6.07) is 9.50. The van der Waals surface area contributed by atoms with Crippen LogP contribution in [0.3, 0.4) is 0 Å². The highest BCUT2D eigenvalue weighted by molar-refractivity contribution is 5.81. The predicted octanol–water partition coefficient (Wildman–Crippen LogP) is 2.48. The van der Waals surface area contributed by atoms with Crippen molar-refractivity contribution in [1.82, 2.24) is 4.90 Å². The van der Waals surface area contributed by atoms with E-state index in [4.69, 9.17) is 9.47 Å². The molecule has 0 aliphatic carbocycles. The Morgan fingerprint density at radius 3 is 2.45 bits per heavy atom. The van der Waals surface area contributed by atoms with Crippen LogP contribution in [-0.4, -0.2) is 42.2 Å². The molecule has 1 aliphatic heterocycles. The van der Waals surface area contributed by atoms with Gasteiger partial charge in [0.2, 0.25) is 0 Å². The van der Waals surface area contributed by atoms with Gasteiger partial charge in [0.15, 0.2) is 6.10 Å². The molecule has 1 aromatic rings. The lowest BCUT2D eigenvalue weighted by molar-refractivity contribution is -0.150. The highest BCUT2D eigenvalue weighted by Crippen LogP contribution is 2.17. The molecule has 1 aromatic carbocycles. The summed E-state index contributed by atoms with van der Waals surface area (Å²) in [7, 11) is 0. The maximum atomic E-state index is 12.6. The van der Waals surface area contributed by atoms with Gasteiger partial charge in [-0.2, -0.15) is 0 Å². The monoisotopic (exact) mass is 277 g/mol. The van der Waals surface area contributed by atoms with Crippen LogP contribution in [0.5, 0.6) is 5.75 Å². The van der Waals surface area contributed by atoms with E-state index in [0.29, 0.717) is 19.5 Å². The fraction of sp³-hybridized carbons (Fsp3) is 0.562. The Morgan fingerprint density at radius 1 is 1.30 bits per heavy atom. The molecule has 0 unspecified atom stereocenters. The lowest BCUT2D eigenvalue weighted by atomic mass is 10.1. The number of ether oxygens (including phenoxy) is 2. The van der Waals surface area contributed by atoms with Gasteiger partial charge in [-0.1, -0.05) is 25.1 Å². The van der Waals surface area contributed by atoms with Crippen molar-refractivity contribution in [1.29, 1.82) is 0 Å². The molecular formula is C16H23NO3. The van der Waals surface area contributed by atoms with Crippen molar-refractivity contribution < 1.29 is 14.3 Å². The number of para-hydroxylation sites is 1. The Morgan fingerprint density at radius 2 is 1.90 bits per heavy atom. The highest BCUT2D eigenvalue weighted by atomic mass is 16.5. The quantitative estimate of drug-likeness (QED) is 0.848. The molecule has 20 heavy (non-hydrogen) atoms. The van der Waals surface area contributed by atoms with E-state index in [9.17, 15) is 4.79 Å². The van der Waals surface area contributed by atoms with Gasteiger partial charge in [-0.3, -0.25) is 4.79 Å². The average Bonchev–Trinajstić information content (AvgIpc) is 2.44. The summed E-state index contributed by atoms with van der Waals surface area (Å²) in [5.41, 5.74) is 0. The number of hydrogen-bond donors (Lipinski definition) is 0. The number of rotatable bonds is 4. The van der Waals surface area contributed by atoms with Gasteiger partial charge in [-0.05, 0) is 32.4 Å². The summed E-state index contributed by atoms with van der Waals surface area (Å²) in [6.07, 6.45) is 0.400. The van der Waals surface area contributed by atoms with Crippen LogP contribution in [0.1, 0.15) is 27.2 Å². The molecule has 0 radical (unpaired) electrons. The van der Waals surface area contributed by atoms with Crippen molar-refractivity contribution in [2.75, 3.05) is 13.1 Å². The van der Waals surface area contributed by atoms with Crippen LogP contribution in [0.4, 0.5) is 0 Å². The summed E-state index contributed by atoms with van der Waals surface area (Å²) in [5.74, 6) is 0.792. The second-order valence-electron chi connectivity index (χ2n) is 5.33. The minimum atomic E-state index is -0.421. The van der Waals surface area contributed by atoms with Gasteiger partial charge in [-0.25, -0.2) is 0 Å². The van der Waals surface area contributed by atoms with E-state index >= 15 is 0 Å².